The monoisotopic (exact) mass is 473 g/mol. The fraction of sp³-hybridized carbons (Fsp3) is 0.148. The van der Waals surface area contributed by atoms with Gasteiger partial charge in [0, 0.05) is 21.4 Å². The van der Waals surface area contributed by atoms with Crippen molar-refractivity contribution in [3.8, 4) is 22.4 Å². The van der Waals surface area contributed by atoms with Crippen molar-refractivity contribution in [2.75, 3.05) is 11.6 Å². The fourth-order valence-corrected chi connectivity index (χ4v) is 4.23. The van der Waals surface area contributed by atoms with E-state index in [1.165, 1.54) is 24.0 Å². The van der Waals surface area contributed by atoms with Crippen LogP contribution in [0.25, 0.3) is 33.3 Å². The fourth-order valence-electron chi connectivity index (χ4n) is 3.83. The van der Waals surface area contributed by atoms with Gasteiger partial charge in [-0.1, -0.05) is 36.4 Å². The van der Waals surface area contributed by atoms with E-state index in [0.29, 0.717) is 27.8 Å². The quantitative estimate of drug-likeness (QED) is 0.225. The SMILES string of the molecule is C=NCc1c(-c2ccc(-c3ccc(SC)cc3)cc2)nc2ccc(F)cc2c1NC(C)C(=O)O. The number of nitrogens with one attached hydrogen (secondary N) is 1. The molecule has 0 aliphatic heterocycles. The van der Waals surface area contributed by atoms with Crippen LogP contribution >= 0.6 is 11.8 Å². The Kier molecular flexibility index (Phi) is 6.93. The van der Waals surface area contributed by atoms with E-state index in [0.717, 1.165) is 16.7 Å². The van der Waals surface area contributed by atoms with Crippen molar-refractivity contribution >= 4 is 41.0 Å². The molecule has 34 heavy (non-hydrogen) atoms. The zero-order valence-corrected chi connectivity index (χ0v) is 19.7. The van der Waals surface area contributed by atoms with Crippen molar-refractivity contribution in [3.63, 3.8) is 0 Å². The molecule has 172 valence electrons. The third-order valence-corrected chi connectivity index (χ3v) is 6.37. The smallest absolute Gasteiger partial charge is 0.325 e. The molecular weight excluding hydrogens is 449 g/mol. The second-order valence-corrected chi connectivity index (χ2v) is 8.75. The van der Waals surface area contributed by atoms with Gasteiger partial charge in [0.25, 0.3) is 0 Å². The molecule has 4 aromatic rings. The van der Waals surface area contributed by atoms with Gasteiger partial charge in [0.05, 0.1) is 23.4 Å². The van der Waals surface area contributed by atoms with Gasteiger partial charge in [-0.2, -0.15) is 0 Å². The normalized spacial score (nSPS) is 11.9. The Morgan fingerprint density at radius 1 is 1.09 bits per heavy atom. The Bertz CT molecular complexity index is 1360. The highest BCUT2D eigenvalue weighted by molar-refractivity contribution is 7.98. The van der Waals surface area contributed by atoms with Crippen LogP contribution in [0.2, 0.25) is 0 Å². The van der Waals surface area contributed by atoms with Gasteiger partial charge < -0.3 is 10.4 Å². The molecule has 1 atom stereocenters. The highest BCUT2D eigenvalue weighted by Gasteiger charge is 2.20. The third-order valence-electron chi connectivity index (χ3n) is 5.63. The van der Waals surface area contributed by atoms with E-state index < -0.39 is 17.8 Å². The number of rotatable bonds is 8. The van der Waals surface area contributed by atoms with Crippen LogP contribution in [0, 0.1) is 5.82 Å². The molecule has 1 aromatic heterocycles. The Morgan fingerprint density at radius 3 is 2.29 bits per heavy atom. The highest BCUT2D eigenvalue weighted by Crippen LogP contribution is 2.36. The number of carbonyl (C=O) groups is 1. The van der Waals surface area contributed by atoms with Gasteiger partial charge in [0.1, 0.15) is 11.9 Å². The van der Waals surface area contributed by atoms with Crippen LogP contribution < -0.4 is 5.32 Å². The minimum absolute atomic E-state index is 0.196. The molecule has 3 aromatic carbocycles. The van der Waals surface area contributed by atoms with Crippen LogP contribution in [0.1, 0.15) is 12.5 Å². The van der Waals surface area contributed by atoms with Gasteiger partial charge in [0.2, 0.25) is 0 Å². The molecule has 0 spiro atoms. The van der Waals surface area contributed by atoms with Crippen molar-refractivity contribution in [1.82, 2.24) is 4.98 Å². The molecule has 0 saturated carbocycles. The summed E-state index contributed by atoms with van der Waals surface area (Å²) in [6.07, 6.45) is 2.05. The molecule has 0 amide bonds. The van der Waals surface area contributed by atoms with Crippen molar-refractivity contribution in [2.24, 2.45) is 4.99 Å². The number of pyridine rings is 1. The molecule has 0 aliphatic rings. The lowest BCUT2D eigenvalue weighted by atomic mass is 9.97. The number of halogens is 1. The van der Waals surface area contributed by atoms with Crippen LogP contribution in [0.5, 0.6) is 0 Å². The van der Waals surface area contributed by atoms with Crippen LogP contribution in [-0.2, 0) is 11.3 Å². The van der Waals surface area contributed by atoms with E-state index in [2.05, 4.69) is 41.3 Å². The van der Waals surface area contributed by atoms with E-state index in [4.69, 9.17) is 4.98 Å². The maximum atomic E-state index is 14.1. The van der Waals surface area contributed by atoms with Gasteiger partial charge in [-0.15, -0.1) is 11.8 Å². The molecular formula is C27H24FN3O2S. The van der Waals surface area contributed by atoms with Gasteiger partial charge in [-0.05, 0) is 61.4 Å². The molecule has 0 bridgehead atoms. The Hall–Kier alpha value is -3.71. The molecule has 0 saturated heterocycles. The number of aliphatic carboxylic acids is 1. The molecule has 0 fully saturated rings. The number of carboxylic acids is 1. The van der Waals surface area contributed by atoms with E-state index in [1.54, 1.807) is 17.8 Å². The number of aliphatic imine (C=N–C) groups is 1. The summed E-state index contributed by atoms with van der Waals surface area (Å²) in [5.74, 6) is -1.44. The summed E-state index contributed by atoms with van der Waals surface area (Å²) in [7, 11) is 0. The largest absolute Gasteiger partial charge is 0.480 e. The number of fused-ring (bicyclic) bond motifs is 1. The second-order valence-electron chi connectivity index (χ2n) is 7.87. The van der Waals surface area contributed by atoms with Crippen LogP contribution in [0.4, 0.5) is 10.1 Å². The number of carboxylic acid groups (broad SMARTS) is 1. The summed E-state index contributed by atoms with van der Waals surface area (Å²) in [5.41, 5.74) is 5.39. The van der Waals surface area contributed by atoms with E-state index in [-0.39, 0.29) is 6.54 Å². The topological polar surface area (TPSA) is 74.6 Å². The minimum Gasteiger partial charge on any atom is -0.480 e. The summed E-state index contributed by atoms with van der Waals surface area (Å²) in [4.78, 5) is 21.6. The van der Waals surface area contributed by atoms with Gasteiger partial charge in [0.15, 0.2) is 0 Å². The molecule has 1 unspecified atom stereocenters. The minimum atomic E-state index is -1.02. The van der Waals surface area contributed by atoms with Gasteiger partial charge >= 0.3 is 5.97 Å². The zero-order chi connectivity index (χ0) is 24.2. The second kappa shape index (κ2) is 10.1. The summed E-state index contributed by atoms with van der Waals surface area (Å²) < 4.78 is 14.1. The molecule has 0 aliphatic carbocycles. The lowest BCUT2D eigenvalue weighted by Crippen LogP contribution is -2.26. The first kappa shape index (κ1) is 23.4. The lowest BCUT2D eigenvalue weighted by molar-refractivity contribution is -0.137. The third kappa shape index (κ3) is 4.79. The first-order valence-corrected chi connectivity index (χ1v) is 11.9. The number of benzene rings is 3. The molecule has 1 heterocycles. The average Bonchev–Trinajstić information content (AvgIpc) is 2.85. The Morgan fingerprint density at radius 2 is 1.71 bits per heavy atom. The van der Waals surface area contributed by atoms with Crippen molar-refractivity contribution in [3.05, 3.63) is 78.1 Å². The van der Waals surface area contributed by atoms with Crippen molar-refractivity contribution < 1.29 is 14.3 Å². The molecule has 5 nitrogen and oxygen atoms in total. The predicted octanol–water partition coefficient (Wildman–Crippen LogP) is 6.52. The first-order chi connectivity index (χ1) is 16.4. The van der Waals surface area contributed by atoms with Crippen LogP contribution in [0.3, 0.4) is 0 Å². The number of thioether (sulfide) groups is 1. The van der Waals surface area contributed by atoms with Crippen LogP contribution in [0.15, 0.2) is 76.6 Å². The standard InChI is InChI=1S/C27H24FN3O2S/c1-16(27(32)33)30-26-22-14-20(28)10-13-24(22)31-25(23(26)15-29-2)19-6-4-17(5-7-19)18-8-11-21(34-3)12-9-18/h4-14,16H,2,15H2,1,3H3,(H,30,31)(H,32,33). The summed E-state index contributed by atoms with van der Waals surface area (Å²) in [5, 5.41) is 13.0. The first-order valence-electron chi connectivity index (χ1n) is 10.7. The van der Waals surface area contributed by atoms with Crippen molar-refractivity contribution in [2.45, 2.75) is 24.4 Å². The lowest BCUT2D eigenvalue weighted by Gasteiger charge is -2.20. The predicted molar refractivity (Wildman–Crippen MR) is 138 cm³/mol. The number of hydrogen-bond donors (Lipinski definition) is 2. The number of hydrogen-bond acceptors (Lipinski definition) is 5. The zero-order valence-electron chi connectivity index (χ0n) is 18.9. The maximum Gasteiger partial charge on any atom is 0.325 e. The Balaban J connectivity index is 1.85. The molecule has 7 heteroatoms. The summed E-state index contributed by atoms with van der Waals surface area (Å²) >= 11 is 1.70. The summed E-state index contributed by atoms with van der Waals surface area (Å²) in [6, 6.07) is 19.8. The van der Waals surface area contributed by atoms with Gasteiger partial charge in [-0.25, -0.2) is 9.37 Å². The van der Waals surface area contributed by atoms with Crippen molar-refractivity contribution in [1.29, 1.82) is 0 Å². The molecule has 0 radical (unpaired) electrons. The number of anilines is 1. The van der Waals surface area contributed by atoms with E-state index in [1.807, 2.05) is 30.5 Å². The van der Waals surface area contributed by atoms with E-state index in [9.17, 15) is 14.3 Å². The van der Waals surface area contributed by atoms with Gasteiger partial charge in [-0.3, -0.25) is 9.79 Å². The Labute approximate surface area is 201 Å². The number of nitrogens with zero attached hydrogens (tertiary/aromatic N) is 2. The molecule has 4 rings (SSSR count). The molecule has 2 N–H and O–H groups in total. The maximum absolute atomic E-state index is 14.1. The highest BCUT2D eigenvalue weighted by atomic mass is 32.2. The summed E-state index contributed by atoms with van der Waals surface area (Å²) in [6.45, 7) is 5.35. The number of aromatic nitrogens is 1. The van der Waals surface area contributed by atoms with E-state index >= 15 is 0 Å². The van der Waals surface area contributed by atoms with Crippen LogP contribution in [-0.4, -0.2) is 35.1 Å². The average molecular weight is 474 g/mol.